The molecule has 0 atom stereocenters. The zero-order valence-electron chi connectivity index (χ0n) is 9.77. The van der Waals surface area contributed by atoms with E-state index in [1.54, 1.807) is 0 Å². The maximum atomic E-state index is 11.2. The molecule has 0 heterocycles. The molecule has 0 radical (unpaired) electrons. The third kappa shape index (κ3) is 4.06. The summed E-state index contributed by atoms with van der Waals surface area (Å²) in [7, 11) is 0. The zero-order chi connectivity index (χ0) is 13.0. The third-order valence-electron chi connectivity index (χ3n) is 1.81. The Morgan fingerprint density at radius 2 is 1.24 bits per heavy atom. The third-order valence-corrected chi connectivity index (χ3v) is 1.81. The summed E-state index contributed by atoms with van der Waals surface area (Å²) in [6.07, 6.45) is 0. The second-order valence-electron chi connectivity index (χ2n) is 3.44. The fourth-order valence-electron chi connectivity index (χ4n) is 1.22. The monoisotopic (exact) mass is 236 g/mol. The summed E-state index contributed by atoms with van der Waals surface area (Å²) in [5, 5.41) is 0. The summed E-state index contributed by atoms with van der Waals surface area (Å²) in [5.74, 6) is -0.908. The Balaban J connectivity index is 3.13. The van der Waals surface area contributed by atoms with Crippen molar-refractivity contribution in [2.75, 3.05) is 0 Å². The van der Waals surface area contributed by atoms with Gasteiger partial charge in [-0.1, -0.05) is 0 Å². The van der Waals surface area contributed by atoms with Crippen LogP contribution in [0.2, 0.25) is 0 Å². The first-order chi connectivity index (χ1) is 7.88. The van der Waals surface area contributed by atoms with Gasteiger partial charge in [-0.3, -0.25) is 14.4 Å². The molecule has 1 rings (SSSR count). The number of ether oxygens (including phenoxy) is 2. The highest BCUT2D eigenvalue weighted by Crippen LogP contribution is 2.23. The average molecular weight is 236 g/mol. The number of benzene rings is 1. The van der Waals surface area contributed by atoms with Crippen LogP contribution in [-0.4, -0.2) is 17.7 Å². The van der Waals surface area contributed by atoms with Crippen molar-refractivity contribution >= 4 is 17.7 Å². The van der Waals surface area contributed by atoms with Crippen molar-refractivity contribution in [3.05, 3.63) is 23.8 Å². The van der Waals surface area contributed by atoms with E-state index in [4.69, 9.17) is 9.47 Å². The van der Waals surface area contributed by atoms with Crippen molar-refractivity contribution in [1.29, 1.82) is 0 Å². The summed E-state index contributed by atoms with van der Waals surface area (Å²) in [6.45, 7) is 3.85. The number of ketones is 1. The summed E-state index contributed by atoms with van der Waals surface area (Å²) in [6, 6.07) is 4.20. The van der Waals surface area contributed by atoms with E-state index in [9.17, 15) is 14.4 Å². The largest absolute Gasteiger partial charge is 0.427 e. The highest BCUT2D eigenvalue weighted by molar-refractivity contribution is 5.95. The topological polar surface area (TPSA) is 69.7 Å². The maximum absolute atomic E-state index is 11.2. The fraction of sp³-hybridized carbons (Fsp3) is 0.250. The van der Waals surface area contributed by atoms with Gasteiger partial charge in [0.25, 0.3) is 0 Å². The predicted molar refractivity (Wildman–Crippen MR) is 59.1 cm³/mol. The minimum Gasteiger partial charge on any atom is -0.427 e. The fourth-order valence-corrected chi connectivity index (χ4v) is 1.22. The minimum absolute atomic E-state index is 0.168. The van der Waals surface area contributed by atoms with Crippen molar-refractivity contribution < 1.29 is 23.9 Å². The molecule has 0 fully saturated rings. The van der Waals surface area contributed by atoms with Crippen molar-refractivity contribution in [1.82, 2.24) is 0 Å². The van der Waals surface area contributed by atoms with Crippen LogP contribution in [0.3, 0.4) is 0 Å². The molecule has 0 bridgehead atoms. The molecule has 0 N–H and O–H groups in total. The molecule has 90 valence electrons. The molecule has 1 aromatic rings. The first kappa shape index (κ1) is 12.9. The lowest BCUT2D eigenvalue weighted by Gasteiger charge is -2.07. The van der Waals surface area contributed by atoms with Crippen molar-refractivity contribution in [2.24, 2.45) is 0 Å². The van der Waals surface area contributed by atoms with Gasteiger partial charge in [-0.05, 0) is 19.1 Å². The first-order valence-corrected chi connectivity index (χ1v) is 4.91. The molecule has 0 aliphatic rings. The van der Waals surface area contributed by atoms with E-state index >= 15 is 0 Å². The normalized spacial score (nSPS) is 9.59. The van der Waals surface area contributed by atoms with Gasteiger partial charge in [0.2, 0.25) is 0 Å². The van der Waals surface area contributed by atoms with Crippen LogP contribution in [0.1, 0.15) is 31.1 Å². The Bertz CT molecular complexity index is 442. The van der Waals surface area contributed by atoms with E-state index in [2.05, 4.69) is 0 Å². The molecule has 0 saturated heterocycles. The lowest BCUT2D eigenvalue weighted by molar-refractivity contribution is -0.132. The Morgan fingerprint density at radius 3 is 1.53 bits per heavy atom. The van der Waals surface area contributed by atoms with Gasteiger partial charge in [0, 0.05) is 25.5 Å². The van der Waals surface area contributed by atoms with Crippen LogP contribution in [0, 0.1) is 0 Å². The molecule has 0 aliphatic heterocycles. The van der Waals surface area contributed by atoms with Crippen LogP contribution in [-0.2, 0) is 9.59 Å². The molecule has 0 aliphatic carbocycles. The lowest BCUT2D eigenvalue weighted by atomic mass is 10.1. The Kier molecular flexibility index (Phi) is 3.98. The molecule has 0 spiro atoms. The lowest BCUT2D eigenvalue weighted by Crippen LogP contribution is -2.06. The van der Waals surface area contributed by atoms with E-state index in [0.717, 1.165) is 0 Å². The molecule has 0 saturated carbocycles. The van der Waals surface area contributed by atoms with Gasteiger partial charge >= 0.3 is 11.9 Å². The van der Waals surface area contributed by atoms with Crippen molar-refractivity contribution in [2.45, 2.75) is 20.8 Å². The number of hydrogen-bond acceptors (Lipinski definition) is 5. The van der Waals surface area contributed by atoms with E-state index in [0.29, 0.717) is 5.56 Å². The SMILES string of the molecule is CC(=O)Oc1cc(OC(C)=O)cc(C(C)=O)c1. The smallest absolute Gasteiger partial charge is 0.308 e. The van der Waals surface area contributed by atoms with Gasteiger partial charge in [-0.25, -0.2) is 0 Å². The predicted octanol–water partition coefficient (Wildman–Crippen LogP) is 1.74. The molecule has 0 unspecified atom stereocenters. The molecule has 0 aromatic heterocycles. The van der Waals surface area contributed by atoms with E-state index < -0.39 is 11.9 Å². The Morgan fingerprint density at radius 1 is 0.824 bits per heavy atom. The Labute approximate surface area is 98.3 Å². The number of carbonyl (C=O) groups excluding carboxylic acids is 3. The van der Waals surface area contributed by atoms with Gasteiger partial charge in [-0.15, -0.1) is 0 Å². The molecule has 17 heavy (non-hydrogen) atoms. The number of Topliss-reactive ketones (excluding diaryl/α,β-unsaturated/α-hetero) is 1. The number of esters is 2. The van der Waals surface area contributed by atoms with Gasteiger partial charge in [-0.2, -0.15) is 0 Å². The standard InChI is InChI=1S/C12H12O5/c1-7(13)10-4-11(16-8(2)14)6-12(5-10)17-9(3)15/h4-6H,1-3H3. The van der Waals surface area contributed by atoms with Gasteiger partial charge in [0.15, 0.2) is 5.78 Å². The van der Waals surface area contributed by atoms with Crippen LogP contribution >= 0.6 is 0 Å². The molecule has 5 nitrogen and oxygen atoms in total. The highest BCUT2D eigenvalue weighted by Gasteiger charge is 2.09. The van der Waals surface area contributed by atoms with E-state index in [-0.39, 0.29) is 17.3 Å². The number of carbonyl (C=O) groups is 3. The second kappa shape index (κ2) is 5.25. The molecule has 1 aromatic carbocycles. The summed E-state index contributed by atoms with van der Waals surface area (Å²) in [4.78, 5) is 32.9. The van der Waals surface area contributed by atoms with Crippen molar-refractivity contribution in [3.8, 4) is 11.5 Å². The molecule has 0 amide bonds. The summed E-state index contributed by atoms with van der Waals surface area (Å²) >= 11 is 0. The van der Waals surface area contributed by atoms with Crippen LogP contribution in [0.4, 0.5) is 0 Å². The number of hydrogen-bond donors (Lipinski definition) is 0. The van der Waals surface area contributed by atoms with E-state index in [1.807, 2.05) is 0 Å². The summed E-state index contributed by atoms with van der Waals surface area (Å²) in [5.41, 5.74) is 0.306. The number of rotatable bonds is 3. The van der Waals surface area contributed by atoms with Gasteiger partial charge in [0.1, 0.15) is 11.5 Å². The van der Waals surface area contributed by atoms with Crippen LogP contribution < -0.4 is 9.47 Å². The van der Waals surface area contributed by atoms with Gasteiger partial charge in [0.05, 0.1) is 0 Å². The van der Waals surface area contributed by atoms with Crippen molar-refractivity contribution in [3.63, 3.8) is 0 Å². The maximum Gasteiger partial charge on any atom is 0.308 e. The van der Waals surface area contributed by atoms with Crippen LogP contribution in [0.25, 0.3) is 0 Å². The minimum atomic E-state index is -0.514. The first-order valence-electron chi connectivity index (χ1n) is 4.91. The average Bonchev–Trinajstić information content (AvgIpc) is 2.14. The van der Waals surface area contributed by atoms with E-state index in [1.165, 1.54) is 39.0 Å². The highest BCUT2D eigenvalue weighted by atomic mass is 16.5. The molecular formula is C12H12O5. The van der Waals surface area contributed by atoms with Crippen LogP contribution in [0.5, 0.6) is 11.5 Å². The zero-order valence-corrected chi connectivity index (χ0v) is 9.77. The van der Waals surface area contributed by atoms with Gasteiger partial charge < -0.3 is 9.47 Å². The quantitative estimate of drug-likeness (QED) is 0.454. The Hall–Kier alpha value is -2.17. The summed E-state index contributed by atoms with van der Waals surface area (Å²) < 4.78 is 9.69. The molecular weight excluding hydrogens is 224 g/mol. The molecule has 5 heteroatoms. The van der Waals surface area contributed by atoms with Crippen LogP contribution in [0.15, 0.2) is 18.2 Å². The second-order valence-corrected chi connectivity index (χ2v) is 3.44.